The number of hydrogen-bond acceptors (Lipinski definition) is 2. The molecule has 0 aliphatic carbocycles. The fourth-order valence-corrected chi connectivity index (χ4v) is 2.61. The van der Waals surface area contributed by atoms with Crippen LogP contribution in [0.25, 0.3) is 10.4 Å². The molecule has 1 aromatic carbocycles. The van der Waals surface area contributed by atoms with Gasteiger partial charge in [0.15, 0.2) is 0 Å². The van der Waals surface area contributed by atoms with Crippen molar-refractivity contribution in [2.45, 2.75) is 0 Å². The number of rotatable bonds is 1. The van der Waals surface area contributed by atoms with E-state index >= 15 is 0 Å². The third kappa shape index (κ3) is 1.93. The second-order valence-electron chi connectivity index (χ2n) is 2.49. The summed E-state index contributed by atoms with van der Waals surface area (Å²) in [6, 6.07) is 9.72. The Labute approximate surface area is 93.7 Å². The Morgan fingerprint density at radius 2 is 2.08 bits per heavy atom. The number of aromatic nitrogens is 1. The van der Waals surface area contributed by atoms with Crippen LogP contribution in [0.3, 0.4) is 0 Å². The molecule has 0 atom stereocenters. The third-order valence-electron chi connectivity index (χ3n) is 1.62. The van der Waals surface area contributed by atoms with Gasteiger partial charge in [0.1, 0.15) is 4.60 Å². The maximum atomic E-state index is 6.03. The van der Waals surface area contributed by atoms with E-state index < -0.39 is 0 Å². The van der Waals surface area contributed by atoms with E-state index in [1.54, 1.807) is 0 Å². The molecule has 0 aliphatic rings. The fourth-order valence-electron chi connectivity index (χ4n) is 1.04. The Hall–Kier alpha value is -0.380. The maximum Gasteiger partial charge on any atom is 0.120 e. The van der Waals surface area contributed by atoms with Crippen molar-refractivity contribution < 1.29 is 0 Å². The first-order valence-corrected chi connectivity index (χ1v) is 5.59. The first-order chi connectivity index (χ1) is 6.27. The van der Waals surface area contributed by atoms with E-state index in [-0.39, 0.29) is 0 Å². The highest BCUT2D eigenvalue weighted by atomic mass is 79.9. The van der Waals surface area contributed by atoms with Crippen LogP contribution in [-0.4, -0.2) is 4.37 Å². The zero-order valence-electron chi connectivity index (χ0n) is 6.50. The largest absolute Gasteiger partial charge is 0.185 e. The molecule has 1 heterocycles. The van der Waals surface area contributed by atoms with Crippen LogP contribution < -0.4 is 0 Å². The highest BCUT2D eigenvalue weighted by Crippen LogP contribution is 2.32. The molecule has 0 saturated heterocycles. The topological polar surface area (TPSA) is 12.9 Å². The van der Waals surface area contributed by atoms with Crippen molar-refractivity contribution in [2.24, 2.45) is 0 Å². The van der Waals surface area contributed by atoms with Gasteiger partial charge in [-0.1, -0.05) is 29.8 Å². The van der Waals surface area contributed by atoms with Crippen molar-refractivity contribution in [1.29, 1.82) is 0 Å². The summed E-state index contributed by atoms with van der Waals surface area (Å²) < 4.78 is 4.99. The number of nitrogens with zero attached hydrogens (tertiary/aromatic N) is 1. The quantitative estimate of drug-likeness (QED) is 0.758. The summed E-state index contributed by atoms with van der Waals surface area (Å²) in [4.78, 5) is 1.08. The van der Waals surface area contributed by atoms with E-state index in [2.05, 4.69) is 20.3 Å². The number of hydrogen-bond donors (Lipinski definition) is 0. The molecule has 0 bridgehead atoms. The molecule has 66 valence electrons. The molecule has 1 nitrogen and oxygen atoms in total. The van der Waals surface area contributed by atoms with Gasteiger partial charge in [0.2, 0.25) is 0 Å². The Morgan fingerprint density at radius 1 is 1.31 bits per heavy atom. The molecule has 0 amide bonds. The van der Waals surface area contributed by atoms with Crippen LogP contribution >= 0.6 is 39.1 Å². The first kappa shape index (κ1) is 9.19. The minimum atomic E-state index is 0.763. The fraction of sp³-hybridized carbons (Fsp3) is 0. The summed E-state index contributed by atoms with van der Waals surface area (Å²) >= 11 is 10.8. The highest BCUT2D eigenvalue weighted by molar-refractivity contribution is 9.10. The molecule has 13 heavy (non-hydrogen) atoms. The van der Waals surface area contributed by atoms with Crippen LogP contribution in [0.2, 0.25) is 5.02 Å². The van der Waals surface area contributed by atoms with Gasteiger partial charge in [-0.05, 0) is 39.6 Å². The van der Waals surface area contributed by atoms with Gasteiger partial charge in [-0.25, -0.2) is 0 Å². The summed E-state index contributed by atoms with van der Waals surface area (Å²) in [6.07, 6.45) is 0. The van der Waals surface area contributed by atoms with Crippen molar-refractivity contribution in [3.63, 3.8) is 0 Å². The SMILES string of the molecule is Clc1ccccc1-c1cc(Br)ns1. The van der Waals surface area contributed by atoms with E-state index in [1.807, 2.05) is 30.3 Å². The predicted molar refractivity (Wildman–Crippen MR) is 60.3 cm³/mol. The molecular weight excluding hydrogens is 270 g/mol. The van der Waals surface area contributed by atoms with Gasteiger partial charge in [0.05, 0.1) is 4.88 Å². The maximum absolute atomic E-state index is 6.03. The van der Waals surface area contributed by atoms with Gasteiger partial charge < -0.3 is 0 Å². The van der Waals surface area contributed by atoms with Gasteiger partial charge in [-0.2, -0.15) is 4.37 Å². The Bertz CT molecular complexity index is 427. The lowest BCUT2D eigenvalue weighted by Gasteiger charge is -1.97. The molecule has 0 radical (unpaired) electrons. The first-order valence-electron chi connectivity index (χ1n) is 3.64. The number of halogens is 2. The summed E-state index contributed by atoms with van der Waals surface area (Å²) in [7, 11) is 0. The van der Waals surface area contributed by atoms with Crippen molar-refractivity contribution in [1.82, 2.24) is 4.37 Å². The predicted octanol–water partition coefficient (Wildman–Crippen LogP) is 4.23. The van der Waals surface area contributed by atoms with Crippen molar-refractivity contribution >= 4 is 39.1 Å². The van der Waals surface area contributed by atoms with E-state index in [9.17, 15) is 0 Å². The molecule has 0 aliphatic heterocycles. The molecule has 2 aromatic rings. The molecule has 0 fully saturated rings. The van der Waals surface area contributed by atoms with Gasteiger partial charge >= 0.3 is 0 Å². The summed E-state index contributed by atoms with van der Waals surface area (Å²) in [5.41, 5.74) is 1.03. The summed E-state index contributed by atoms with van der Waals surface area (Å²) in [5.74, 6) is 0. The summed E-state index contributed by atoms with van der Waals surface area (Å²) in [6.45, 7) is 0. The molecule has 0 unspecified atom stereocenters. The van der Waals surface area contributed by atoms with Gasteiger partial charge in [-0.15, -0.1) is 0 Å². The van der Waals surface area contributed by atoms with E-state index in [0.29, 0.717) is 0 Å². The van der Waals surface area contributed by atoms with Crippen LogP contribution in [0.15, 0.2) is 34.9 Å². The van der Waals surface area contributed by atoms with Gasteiger partial charge in [0, 0.05) is 10.6 Å². The third-order valence-corrected chi connectivity index (χ3v) is 3.41. The monoisotopic (exact) mass is 273 g/mol. The molecule has 4 heteroatoms. The Balaban J connectivity index is 2.52. The number of benzene rings is 1. The van der Waals surface area contributed by atoms with Gasteiger partial charge in [-0.3, -0.25) is 0 Å². The van der Waals surface area contributed by atoms with Crippen molar-refractivity contribution in [2.75, 3.05) is 0 Å². The second-order valence-corrected chi connectivity index (χ2v) is 4.52. The Morgan fingerprint density at radius 3 is 2.69 bits per heavy atom. The van der Waals surface area contributed by atoms with Crippen LogP contribution in [0.5, 0.6) is 0 Å². The van der Waals surface area contributed by atoms with E-state index in [4.69, 9.17) is 11.6 Å². The molecule has 2 rings (SSSR count). The smallest absolute Gasteiger partial charge is 0.120 e. The molecule has 0 N–H and O–H groups in total. The lowest BCUT2D eigenvalue weighted by atomic mass is 10.2. The lowest BCUT2D eigenvalue weighted by molar-refractivity contribution is 1.50. The molecule has 1 aromatic heterocycles. The second kappa shape index (κ2) is 3.78. The molecule has 0 spiro atoms. The standard InChI is InChI=1S/C9H5BrClNS/c10-9-5-8(13-12-9)6-3-1-2-4-7(6)11/h1-5H. The van der Waals surface area contributed by atoms with E-state index in [1.165, 1.54) is 11.5 Å². The van der Waals surface area contributed by atoms with Crippen LogP contribution in [0.1, 0.15) is 0 Å². The minimum Gasteiger partial charge on any atom is -0.185 e. The summed E-state index contributed by atoms with van der Waals surface area (Å²) in [5, 5.41) is 0.763. The van der Waals surface area contributed by atoms with Crippen molar-refractivity contribution in [3.8, 4) is 10.4 Å². The molecular formula is C9H5BrClNS. The highest BCUT2D eigenvalue weighted by Gasteiger charge is 2.05. The Kier molecular flexibility index (Phi) is 2.67. The van der Waals surface area contributed by atoms with E-state index in [0.717, 1.165) is 20.1 Å². The van der Waals surface area contributed by atoms with Crippen LogP contribution in [0, 0.1) is 0 Å². The lowest BCUT2D eigenvalue weighted by Crippen LogP contribution is -1.72. The normalized spacial score (nSPS) is 10.3. The zero-order valence-corrected chi connectivity index (χ0v) is 9.66. The zero-order chi connectivity index (χ0) is 9.26. The average Bonchev–Trinajstić information content (AvgIpc) is 2.53. The van der Waals surface area contributed by atoms with Gasteiger partial charge in [0.25, 0.3) is 0 Å². The van der Waals surface area contributed by atoms with Crippen molar-refractivity contribution in [3.05, 3.63) is 40.0 Å². The molecule has 0 saturated carbocycles. The minimum absolute atomic E-state index is 0.763. The average molecular weight is 275 g/mol. The van der Waals surface area contributed by atoms with Crippen LogP contribution in [-0.2, 0) is 0 Å². The van der Waals surface area contributed by atoms with Crippen LogP contribution in [0.4, 0.5) is 0 Å².